The minimum Gasteiger partial charge on any atom is -0.388 e. The molecule has 0 saturated carbocycles. The second kappa shape index (κ2) is 9.30. The Morgan fingerprint density at radius 1 is 1.29 bits per heavy atom. The molecule has 2 rings (SSSR count). The highest BCUT2D eigenvalue weighted by molar-refractivity contribution is 7.88. The molecule has 0 fully saturated rings. The number of rotatable bonds is 10. The Kier molecular flexibility index (Phi) is 7.33. The van der Waals surface area contributed by atoms with E-state index >= 15 is 0 Å². The van der Waals surface area contributed by atoms with Crippen LogP contribution >= 0.6 is 0 Å². The van der Waals surface area contributed by atoms with Gasteiger partial charge in [-0.05, 0) is 5.56 Å². The first kappa shape index (κ1) is 22.1. The van der Waals surface area contributed by atoms with Crippen LogP contribution in [-0.2, 0) is 21.4 Å². The lowest BCUT2D eigenvalue weighted by Crippen LogP contribution is -2.22. The van der Waals surface area contributed by atoms with E-state index in [-0.39, 0.29) is 12.1 Å². The number of hydrogen-bond donors (Lipinski definition) is 2. The van der Waals surface area contributed by atoms with E-state index in [0.717, 1.165) is 6.26 Å². The fraction of sp³-hybridized carbons (Fsp3) is 0.412. The molecule has 0 aliphatic carbocycles. The molecule has 11 heteroatoms. The van der Waals surface area contributed by atoms with E-state index in [1.807, 2.05) is 0 Å². The molecule has 7 nitrogen and oxygen atoms in total. The molecule has 1 aromatic carbocycles. The third kappa shape index (κ3) is 6.14. The highest BCUT2D eigenvalue weighted by atomic mass is 32.2. The summed E-state index contributed by atoms with van der Waals surface area (Å²) < 4.78 is 67.3. The van der Waals surface area contributed by atoms with Crippen molar-refractivity contribution >= 4 is 15.8 Å². The van der Waals surface area contributed by atoms with Crippen molar-refractivity contribution in [3.63, 3.8) is 0 Å². The van der Waals surface area contributed by atoms with Crippen molar-refractivity contribution in [1.29, 1.82) is 0 Å². The van der Waals surface area contributed by atoms with E-state index < -0.39 is 47.3 Å². The van der Waals surface area contributed by atoms with Gasteiger partial charge in [-0.25, -0.2) is 21.9 Å². The summed E-state index contributed by atoms with van der Waals surface area (Å²) in [6.45, 7) is -1.17. The number of sulfonamides is 1. The van der Waals surface area contributed by atoms with Gasteiger partial charge in [0, 0.05) is 24.0 Å². The number of aliphatic hydroxyl groups excluding tert-OH is 1. The van der Waals surface area contributed by atoms with Gasteiger partial charge in [-0.3, -0.25) is 9.18 Å². The summed E-state index contributed by atoms with van der Waals surface area (Å²) in [7, 11) is -3.38. The monoisotopic (exact) mass is 420 g/mol. The van der Waals surface area contributed by atoms with Crippen LogP contribution in [0.15, 0.2) is 34.9 Å². The van der Waals surface area contributed by atoms with Crippen LogP contribution in [0.25, 0.3) is 11.3 Å². The Balaban J connectivity index is 2.08. The maximum atomic E-state index is 13.1. The third-order valence-corrected chi connectivity index (χ3v) is 4.63. The number of nitrogens with one attached hydrogen (secondary N) is 1. The van der Waals surface area contributed by atoms with Gasteiger partial charge in [0.15, 0.2) is 11.5 Å². The van der Waals surface area contributed by atoms with E-state index in [1.54, 1.807) is 0 Å². The number of Topliss-reactive ketones (excluding diaryl/α,β-unsaturated/α-hetero) is 1. The second-order valence-electron chi connectivity index (χ2n) is 6.23. The number of aromatic nitrogens is 1. The van der Waals surface area contributed by atoms with E-state index in [1.165, 1.54) is 30.3 Å². The molecule has 154 valence electrons. The molecule has 2 N–H and O–H groups in total. The van der Waals surface area contributed by atoms with Crippen LogP contribution in [0.3, 0.4) is 0 Å². The first-order valence-electron chi connectivity index (χ1n) is 8.16. The molecule has 1 heterocycles. The summed E-state index contributed by atoms with van der Waals surface area (Å²) in [4.78, 5) is 11.1. The maximum Gasteiger partial charge on any atom is 0.295 e. The SMILES string of the molecule is CS(=O)(=O)NCc1cc(-c2ccc([C@@H](O)[C@H](CF)CC(=O)C(F)F)cc2)on1. The van der Waals surface area contributed by atoms with Crippen molar-refractivity contribution in [2.75, 3.05) is 12.9 Å². The Morgan fingerprint density at radius 2 is 1.93 bits per heavy atom. The van der Waals surface area contributed by atoms with Crippen LogP contribution in [0, 0.1) is 5.92 Å². The maximum absolute atomic E-state index is 13.1. The minimum absolute atomic E-state index is 0.0462. The Labute approximate surface area is 159 Å². The van der Waals surface area contributed by atoms with E-state index in [0.29, 0.717) is 17.0 Å². The number of nitrogens with zero attached hydrogens (tertiary/aromatic N) is 1. The molecule has 28 heavy (non-hydrogen) atoms. The van der Waals surface area contributed by atoms with Gasteiger partial charge >= 0.3 is 0 Å². The van der Waals surface area contributed by atoms with Gasteiger partial charge < -0.3 is 9.63 Å². The molecular formula is C17H19F3N2O5S. The lowest BCUT2D eigenvalue weighted by Gasteiger charge is -2.20. The van der Waals surface area contributed by atoms with Gasteiger partial charge in [0.05, 0.1) is 31.3 Å². The normalized spacial score (nSPS) is 14.2. The number of halogens is 3. The Hall–Kier alpha value is -2.24. The lowest BCUT2D eigenvalue weighted by atomic mass is 9.91. The van der Waals surface area contributed by atoms with Gasteiger partial charge in [0.1, 0.15) is 0 Å². The van der Waals surface area contributed by atoms with E-state index in [9.17, 15) is 31.5 Å². The average molecular weight is 420 g/mol. The molecule has 0 saturated heterocycles. The zero-order chi connectivity index (χ0) is 20.9. The summed E-state index contributed by atoms with van der Waals surface area (Å²) in [5, 5.41) is 13.9. The summed E-state index contributed by atoms with van der Waals surface area (Å²) in [5.41, 5.74) is 1.16. The minimum atomic E-state index is -3.38. The molecular weight excluding hydrogens is 401 g/mol. The molecule has 0 bridgehead atoms. The fourth-order valence-corrected chi connectivity index (χ4v) is 2.86. The van der Waals surface area contributed by atoms with Crippen LogP contribution in [0.4, 0.5) is 13.2 Å². The number of hydrogen-bond acceptors (Lipinski definition) is 6. The number of carbonyl (C=O) groups excluding carboxylic acids is 1. The number of alkyl halides is 3. The first-order chi connectivity index (χ1) is 13.1. The van der Waals surface area contributed by atoms with Gasteiger partial charge in [-0.1, -0.05) is 29.4 Å². The molecule has 0 aliphatic heterocycles. The summed E-state index contributed by atoms with van der Waals surface area (Å²) in [6.07, 6.45) is -4.39. The van der Waals surface area contributed by atoms with Crippen molar-refractivity contribution in [2.24, 2.45) is 5.92 Å². The van der Waals surface area contributed by atoms with Crippen LogP contribution in [-0.4, -0.2) is 43.8 Å². The smallest absolute Gasteiger partial charge is 0.295 e. The summed E-state index contributed by atoms with van der Waals surface area (Å²) in [5.74, 6) is -2.36. The number of ketones is 1. The molecule has 0 radical (unpaired) electrons. The van der Waals surface area contributed by atoms with Crippen molar-refractivity contribution in [3.05, 3.63) is 41.6 Å². The Morgan fingerprint density at radius 3 is 2.46 bits per heavy atom. The van der Waals surface area contributed by atoms with Gasteiger partial charge in [-0.15, -0.1) is 0 Å². The van der Waals surface area contributed by atoms with Gasteiger partial charge in [0.2, 0.25) is 10.0 Å². The molecule has 2 aromatic rings. The predicted octanol–water partition coefficient (Wildman–Crippen LogP) is 2.23. The number of aliphatic hydroxyl groups is 1. The second-order valence-corrected chi connectivity index (χ2v) is 8.06. The summed E-state index contributed by atoms with van der Waals surface area (Å²) >= 11 is 0. The fourth-order valence-electron chi connectivity index (χ4n) is 2.45. The first-order valence-corrected chi connectivity index (χ1v) is 10.1. The van der Waals surface area contributed by atoms with E-state index in [2.05, 4.69) is 9.88 Å². The van der Waals surface area contributed by atoms with Crippen LogP contribution in [0.1, 0.15) is 23.8 Å². The lowest BCUT2D eigenvalue weighted by molar-refractivity contribution is -0.131. The molecule has 0 aliphatic rings. The highest BCUT2D eigenvalue weighted by Crippen LogP contribution is 2.29. The van der Waals surface area contributed by atoms with Crippen LogP contribution in [0.2, 0.25) is 0 Å². The topological polar surface area (TPSA) is 110 Å². The number of benzene rings is 1. The molecule has 0 amide bonds. The molecule has 0 unspecified atom stereocenters. The van der Waals surface area contributed by atoms with Gasteiger partial charge in [0.25, 0.3) is 6.43 Å². The third-order valence-electron chi connectivity index (χ3n) is 3.96. The molecule has 1 aromatic heterocycles. The highest BCUT2D eigenvalue weighted by Gasteiger charge is 2.27. The largest absolute Gasteiger partial charge is 0.388 e. The van der Waals surface area contributed by atoms with Gasteiger partial charge in [-0.2, -0.15) is 0 Å². The van der Waals surface area contributed by atoms with Crippen LogP contribution < -0.4 is 4.72 Å². The zero-order valence-corrected chi connectivity index (χ0v) is 15.6. The predicted molar refractivity (Wildman–Crippen MR) is 93.7 cm³/mol. The Bertz CT molecular complexity index is 900. The van der Waals surface area contributed by atoms with Crippen molar-refractivity contribution in [3.8, 4) is 11.3 Å². The van der Waals surface area contributed by atoms with Crippen molar-refractivity contribution in [2.45, 2.75) is 25.5 Å². The standard InChI is InChI=1S/C17H19F3N2O5S/c1-28(25,26)21-9-13-7-15(27-22-13)10-2-4-11(5-3-10)16(24)12(8-18)6-14(23)17(19)20/h2-5,7,12,16-17,21,24H,6,8-9H2,1H3/t12-,16+/m0/s1. The van der Waals surface area contributed by atoms with E-state index in [4.69, 9.17) is 4.52 Å². The zero-order valence-electron chi connectivity index (χ0n) is 14.8. The van der Waals surface area contributed by atoms with Crippen LogP contribution in [0.5, 0.6) is 0 Å². The quantitative estimate of drug-likeness (QED) is 0.610. The van der Waals surface area contributed by atoms with Crippen molar-refractivity contribution < 1.29 is 36.0 Å². The summed E-state index contributed by atoms with van der Waals surface area (Å²) in [6, 6.07) is 7.50. The number of carbonyl (C=O) groups is 1. The molecule has 2 atom stereocenters. The average Bonchev–Trinajstić information content (AvgIpc) is 3.12. The van der Waals surface area contributed by atoms with Crippen molar-refractivity contribution in [1.82, 2.24) is 9.88 Å². The molecule has 0 spiro atoms.